The van der Waals surface area contributed by atoms with E-state index in [9.17, 15) is 10.2 Å². The van der Waals surface area contributed by atoms with Crippen LogP contribution in [-0.4, -0.2) is 73.1 Å². The van der Waals surface area contributed by atoms with E-state index in [1.807, 2.05) is 0 Å². The van der Waals surface area contributed by atoms with Crippen LogP contribution < -0.4 is 4.74 Å². The van der Waals surface area contributed by atoms with Crippen LogP contribution in [0.2, 0.25) is 0 Å². The van der Waals surface area contributed by atoms with Gasteiger partial charge in [0.2, 0.25) is 0 Å². The maximum atomic E-state index is 9.92. The van der Waals surface area contributed by atoms with Gasteiger partial charge in [0, 0.05) is 45.0 Å². The smallest absolute Gasteiger partial charge is 0.126 e. The second-order valence-corrected chi connectivity index (χ2v) is 8.60. The summed E-state index contributed by atoms with van der Waals surface area (Å²) in [6, 6.07) is 4.40. The van der Waals surface area contributed by atoms with E-state index >= 15 is 0 Å². The molecule has 152 valence electrons. The van der Waals surface area contributed by atoms with Crippen LogP contribution in [0.15, 0.2) is 12.1 Å². The Bertz CT molecular complexity index is 614. The first-order valence-corrected chi connectivity index (χ1v) is 10.3. The van der Waals surface area contributed by atoms with Crippen LogP contribution in [-0.2, 0) is 6.54 Å². The number of aliphatic hydroxyl groups excluding tert-OH is 2. The van der Waals surface area contributed by atoms with Crippen LogP contribution in [0.25, 0.3) is 0 Å². The van der Waals surface area contributed by atoms with Crippen molar-refractivity contribution in [3.8, 4) is 5.75 Å². The average Bonchev–Trinajstić information content (AvgIpc) is 3.03. The number of benzene rings is 1. The molecule has 0 aromatic heterocycles. The number of rotatable bonds is 7. The van der Waals surface area contributed by atoms with E-state index in [0.29, 0.717) is 24.4 Å². The molecule has 0 radical (unpaired) electrons. The zero-order chi connectivity index (χ0) is 19.4. The molecule has 2 saturated heterocycles. The first kappa shape index (κ1) is 20.6. The molecule has 0 aliphatic carbocycles. The molecular formula is C22H36N2O3. The average molecular weight is 377 g/mol. The van der Waals surface area contributed by atoms with Gasteiger partial charge in [-0.3, -0.25) is 4.90 Å². The van der Waals surface area contributed by atoms with Crippen LogP contribution in [0.4, 0.5) is 0 Å². The van der Waals surface area contributed by atoms with Gasteiger partial charge in [0.1, 0.15) is 5.75 Å². The first-order chi connectivity index (χ1) is 13.0. The monoisotopic (exact) mass is 376 g/mol. The zero-order valence-corrected chi connectivity index (χ0v) is 17.2. The summed E-state index contributed by atoms with van der Waals surface area (Å²) < 4.78 is 5.66. The summed E-state index contributed by atoms with van der Waals surface area (Å²) in [5.74, 6) is 2.33. The molecule has 0 unspecified atom stereocenters. The third kappa shape index (κ3) is 5.02. The Hall–Kier alpha value is -1.14. The van der Waals surface area contributed by atoms with E-state index in [2.05, 4.69) is 35.8 Å². The third-order valence-corrected chi connectivity index (χ3v) is 6.44. The second-order valence-electron chi connectivity index (χ2n) is 8.60. The maximum absolute atomic E-state index is 9.92. The van der Waals surface area contributed by atoms with Crippen molar-refractivity contribution in [1.82, 2.24) is 9.80 Å². The highest BCUT2D eigenvalue weighted by Crippen LogP contribution is 2.31. The molecule has 0 spiro atoms. The Kier molecular flexibility index (Phi) is 7.15. The summed E-state index contributed by atoms with van der Waals surface area (Å²) in [7, 11) is 1.75. The molecule has 27 heavy (non-hydrogen) atoms. The molecule has 5 heteroatoms. The van der Waals surface area contributed by atoms with Crippen molar-refractivity contribution in [1.29, 1.82) is 0 Å². The topological polar surface area (TPSA) is 56.2 Å². The minimum atomic E-state index is 0.262. The highest BCUT2D eigenvalue weighted by atomic mass is 16.5. The van der Waals surface area contributed by atoms with Gasteiger partial charge in [-0.15, -0.1) is 0 Å². The number of piperidine rings is 1. The highest BCUT2D eigenvalue weighted by molar-refractivity contribution is 5.43. The van der Waals surface area contributed by atoms with E-state index in [1.54, 1.807) is 7.11 Å². The molecule has 0 saturated carbocycles. The van der Waals surface area contributed by atoms with Crippen molar-refractivity contribution in [2.75, 3.05) is 53.0 Å². The van der Waals surface area contributed by atoms with Crippen LogP contribution >= 0.6 is 0 Å². The zero-order valence-electron chi connectivity index (χ0n) is 17.2. The number of ether oxygens (including phenoxy) is 1. The van der Waals surface area contributed by atoms with Crippen molar-refractivity contribution in [3.63, 3.8) is 0 Å². The fourth-order valence-electron chi connectivity index (χ4n) is 4.95. The van der Waals surface area contributed by atoms with Gasteiger partial charge in [-0.1, -0.05) is 17.7 Å². The Morgan fingerprint density at radius 3 is 2.33 bits per heavy atom. The van der Waals surface area contributed by atoms with E-state index in [1.165, 1.54) is 16.7 Å². The first-order valence-electron chi connectivity index (χ1n) is 10.3. The number of hydrogen-bond donors (Lipinski definition) is 2. The van der Waals surface area contributed by atoms with Gasteiger partial charge >= 0.3 is 0 Å². The normalized spacial score (nSPS) is 25.2. The number of aliphatic hydroxyl groups is 2. The Morgan fingerprint density at radius 2 is 1.70 bits per heavy atom. The second kappa shape index (κ2) is 9.37. The van der Waals surface area contributed by atoms with Crippen molar-refractivity contribution in [3.05, 3.63) is 28.8 Å². The number of hydrogen-bond acceptors (Lipinski definition) is 5. The fraction of sp³-hybridized carbons (Fsp3) is 0.727. The van der Waals surface area contributed by atoms with E-state index in [0.717, 1.165) is 57.9 Å². The number of likely N-dealkylation sites (tertiary alicyclic amines) is 2. The van der Waals surface area contributed by atoms with E-state index in [-0.39, 0.29) is 6.61 Å². The Balaban J connectivity index is 1.61. The molecule has 2 N–H and O–H groups in total. The fourth-order valence-corrected chi connectivity index (χ4v) is 4.95. The summed E-state index contributed by atoms with van der Waals surface area (Å²) >= 11 is 0. The summed E-state index contributed by atoms with van der Waals surface area (Å²) in [6.45, 7) is 10.9. The van der Waals surface area contributed by atoms with Crippen LogP contribution in [0, 0.1) is 31.6 Å². The summed E-state index contributed by atoms with van der Waals surface area (Å²) in [4.78, 5) is 5.00. The van der Waals surface area contributed by atoms with Crippen LogP contribution in [0.1, 0.15) is 29.5 Å². The lowest BCUT2D eigenvalue weighted by molar-refractivity contribution is 0.106. The van der Waals surface area contributed by atoms with Gasteiger partial charge in [-0.25, -0.2) is 0 Å². The van der Waals surface area contributed by atoms with Gasteiger partial charge < -0.3 is 19.8 Å². The lowest BCUT2D eigenvalue weighted by atomic mass is 9.93. The molecule has 2 fully saturated rings. The predicted octanol–water partition coefficient (Wildman–Crippen LogP) is 2.06. The minimum absolute atomic E-state index is 0.262. The van der Waals surface area contributed by atoms with E-state index < -0.39 is 0 Å². The lowest BCUT2D eigenvalue weighted by Gasteiger charge is -2.33. The summed E-state index contributed by atoms with van der Waals surface area (Å²) in [6.07, 6.45) is 2.19. The molecule has 0 bridgehead atoms. The molecule has 2 heterocycles. The van der Waals surface area contributed by atoms with Crippen molar-refractivity contribution < 1.29 is 14.9 Å². The SMILES string of the molecule is COc1c(C)cc(C)cc1CN1C[C@@H](CN2CCC(CO)CC2)[C@@H](CO)C1. The van der Waals surface area contributed by atoms with Gasteiger partial charge in [-0.2, -0.15) is 0 Å². The molecule has 5 nitrogen and oxygen atoms in total. The number of methoxy groups -OCH3 is 1. The van der Waals surface area contributed by atoms with Crippen molar-refractivity contribution >= 4 is 0 Å². The number of nitrogens with zero attached hydrogens (tertiary/aromatic N) is 2. The third-order valence-electron chi connectivity index (χ3n) is 6.44. The molecule has 3 rings (SSSR count). The lowest BCUT2D eigenvalue weighted by Crippen LogP contribution is -2.40. The summed E-state index contributed by atoms with van der Waals surface area (Å²) in [5, 5.41) is 19.2. The molecule has 2 aliphatic heterocycles. The van der Waals surface area contributed by atoms with Crippen LogP contribution in [0.5, 0.6) is 5.75 Å². The van der Waals surface area contributed by atoms with E-state index in [4.69, 9.17) is 4.74 Å². The molecular weight excluding hydrogens is 340 g/mol. The van der Waals surface area contributed by atoms with Gasteiger partial charge in [0.05, 0.1) is 7.11 Å². The van der Waals surface area contributed by atoms with Gasteiger partial charge in [0.25, 0.3) is 0 Å². The van der Waals surface area contributed by atoms with Gasteiger partial charge in [0.15, 0.2) is 0 Å². The Labute approximate surface area is 163 Å². The quantitative estimate of drug-likeness (QED) is 0.763. The molecule has 0 amide bonds. The predicted molar refractivity (Wildman–Crippen MR) is 108 cm³/mol. The largest absolute Gasteiger partial charge is 0.496 e. The maximum Gasteiger partial charge on any atom is 0.126 e. The van der Waals surface area contributed by atoms with Crippen molar-refractivity contribution in [2.45, 2.75) is 33.2 Å². The molecule has 1 aromatic carbocycles. The van der Waals surface area contributed by atoms with Crippen LogP contribution in [0.3, 0.4) is 0 Å². The Morgan fingerprint density at radius 1 is 1.00 bits per heavy atom. The number of aryl methyl sites for hydroxylation is 2. The van der Waals surface area contributed by atoms with Crippen molar-refractivity contribution in [2.24, 2.45) is 17.8 Å². The van der Waals surface area contributed by atoms with Gasteiger partial charge in [-0.05, 0) is 63.1 Å². The highest BCUT2D eigenvalue weighted by Gasteiger charge is 2.34. The molecule has 1 aromatic rings. The minimum Gasteiger partial charge on any atom is -0.496 e. The molecule has 2 atom stereocenters. The molecule has 2 aliphatic rings. The standard InChI is InChI=1S/C22H36N2O3/c1-16-8-17(2)22(27-3)19(9-16)10-24-12-20(21(13-24)15-26)11-23-6-4-18(14-25)5-7-23/h8-9,18,20-21,25-26H,4-7,10-15H2,1-3H3/t20-,21-/m1/s1. The summed E-state index contributed by atoms with van der Waals surface area (Å²) in [5.41, 5.74) is 3.70.